The molecule has 0 saturated heterocycles. The Labute approximate surface area is 100 Å². The maximum Gasteiger partial charge on any atom is 0.0371 e. The molecule has 1 aromatic carbocycles. The minimum Gasteiger partial charge on any atom is -0.367 e. The highest BCUT2D eigenvalue weighted by Crippen LogP contribution is 2.23. The van der Waals surface area contributed by atoms with Gasteiger partial charge in [-0.15, -0.1) is 0 Å². The van der Waals surface area contributed by atoms with Crippen LogP contribution in [0.5, 0.6) is 0 Å². The molecule has 0 atom stereocenters. The molecule has 0 aromatic heterocycles. The van der Waals surface area contributed by atoms with Gasteiger partial charge in [-0.1, -0.05) is 26.0 Å². The van der Waals surface area contributed by atoms with Gasteiger partial charge in [-0.3, -0.25) is 0 Å². The van der Waals surface area contributed by atoms with E-state index < -0.39 is 0 Å². The molecule has 0 unspecified atom stereocenters. The van der Waals surface area contributed by atoms with Crippen molar-refractivity contribution in [3.05, 3.63) is 29.8 Å². The molecule has 0 N–H and O–H groups in total. The number of nitrogens with zero attached hydrogens (tertiary/aromatic N) is 1. The van der Waals surface area contributed by atoms with Crippen LogP contribution in [0.15, 0.2) is 24.3 Å². The van der Waals surface area contributed by atoms with E-state index in [0.717, 1.165) is 0 Å². The Kier molecular flexibility index (Phi) is 4.40. The van der Waals surface area contributed by atoms with Gasteiger partial charge in [0.05, 0.1) is 0 Å². The maximum absolute atomic E-state index is 2.45. The van der Waals surface area contributed by atoms with Crippen LogP contribution >= 0.6 is 0 Å². The predicted molar refractivity (Wildman–Crippen MR) is 73.3 cm³/mol. The van der Waals surface area contributed by atoms with Crippen molar-refractivity contribution in [2.75, 3.05) is 4.90 Å². The second kappa shape index (κ2) is 5.38. The Morgan fingerprint density at radius 3 is 1.50 bits per heavy atom. The minimum atomic E-state index is 0.546. The van der Waals surface area contributed by atoms with Gasteiger partial charge in [0.2, 0.25) is 0 Å². The van der Waals surface area contributed by atoms with Crippen LogP contribution in [-0.2, 0) is 0 Å². The van der Waals surface area contributed by atoms with Gasteiger partial charge in [0.1, 0.15) is 0 Å². The number of hydrogen-bond donors (Lipinski definition) is 0. The standard InChI is InChI=1S/C15H25N/c1-11(2)14-7-9-15(10-8-14)16(12(3)4)13(5)6/h7-13H,1-6H3. The average molecular weight is 219 g/mol. The van der Waals surface area contributed by atoms with Gasteiger partial charge < -0.3 is 4.90 Å². The van der Waals surface area contributed by atoms with Crippen LogP contribution in [0.3, 0.4) is 0 Å². The lowest BCUT2D eigenvalue weighted by atomic mass is 10.0. The van der Waals surface area contributed by atoms with Crippen LogP contribution in [0.25, 0.3) is 0 Å². The molecule has 0 fully saturated rings. The summed E-state index contributed by atoms with van der Waals surface area (Å²) in [6, 6.07) is 10.1. The van der Waals surface area contributed by atoms with E-state index in [0.29, 0.717) is 18.0 Å². The van der Waals surface area contributed by atoms with Gasteiger partial charge in [0, 0.05) is 17.8 Å². The van der Waals surface area contributed by atoms with E-state index in [9.17, 15) is 0 Å². The van der Waals surface area contributed by atoms with E-state index in [2.05, 4.69) is 70.7 Å². The largest absolute Gasteiger partial charge is 0.367 e. The molecule has 90 valence electrons. The van der Waals surface area contributed by atoms with Crippen molar-refractivity contribution in [3.8, 4) is 0 Å². The normalized spacial score (nSPS) is 11.6. The molecule has 0 aliphatic heterocycles. The minimum absolute atomic E-state index is 0.546. The number of benzene rings is 1. The van der Waals surface area contributed by atoms with Crippen molar-refractivity contribution in [1.82, 2.24) is 0 Å². The SMILES string of the molecule is CC(C)c1ccc(N(C(C)C)C(C)C)cc1. The summed E-state index contributed by atoms with van der Waals surface area (Å²) in [7, 11) is 0. The summed E-state index contributed by atoms with van der Waals surface area (Å²) in [5.41, 5.74) is 2.74. The molecule has 0 aliphatic rings. The summed E-state index contributed by atoms with van der Waals surface area (Å²) in [6.07, 6.45) is 0. The van der Waals surface area contributed by atoms with Gasteiger partial charge in [-0.25, -0.2) is 0 Å². The fourth-order valence-corrected chi connectivity index (χ4v) is 2.22. The van der Waals surface area contributed by atoms with E-state index in [1.54, 1.807) is 0 Å². The molecule has 1 nitrogen and oxygen atoms in total. The lowest BCUT2D eigenvalue weighted by molar-refractivity contribution is 0.608. The third kappa shape index (κ3) is 3.01. The first-order chi connectivity index (χ1) is 7.43. The van der Waals surface area contributed by atoms with Crippen LogP contribution in [0, 0.1) is 0 Å². The van der Waals surface area contributed by atoms with Gasteiger partial charge in [0.25, 0.3) is 0 Å². The first kappa shape index (κ1) is 13.1. The summed E-state index contributed by atoms with van der Waals surface area (Å²) < 4.78 is 0. The Bertz CT molecular complexity index is 301. The molecule has 1 rings (SSSR count). The molecule has 1 aromatic rings. The van der Waals surface area contributed by atoms with Crippen molar-refractivity contribution >= 4 is 5.69 Å². The third-order valence-corrected chi connectivity index (χ3v) is 2.97. The highest BCUT2D eigenvalue weighted by atomic mass is 15.2. The topological polar surface area (TPSA) is 3.24 Å². The molecule has 1 heteroatoms. The lowest BCUT2D eigenvalue weighted by Crippen LogP contribution is -2.36. The molecule has 0 radical (unpaired) electrons. The Morgan fingerprint density at radius 1 is 0.750 bits per heavy atom. The quantitative estimate of drug-likeness (QED) is 0.724. The molecule has 0 amide bonds. The molecule has 0 heterocycles. The molecule has 16 heavy (non-hydrogen) atoms. The summed E-state index contributed by atoms with van der Waals surface area (Å²) in [6.45, 7) is 13.5. The second-order valence-electron chi connectivity index (χ2n) is 5.34. The maximum atomic E-state index is 2.45. The monoisotopic (exact) mass is 219 g/mol. The number of hydrogen-bond acceptors (Lipinski definition) is 1. The highest BCUT2D eigenvalue weighted by Gasteiger charge is 2.13. The number of rotatable bonds is 4. The average Bonchev–Trinajstić information content (AvgIpc) is 2.17. The van der Waals surface area contributed by atoms with Crippen LogP contribution in [-0.4, -0.2) is 12.1 Å². The Balaban J connectivity index is 2.94. The van der Waals surface area contributed by atoms with Gasteiger partial charge in [-0.2, -0.15) is 0 Å². The van der Waals surface area contributed by atoms with Crippen LogP contribution in [0.4, 0.5) is 5.69 Å². The fourth-order valence-electron chi connectivity index (χ4n) is 2.22. The van der Waals surface area contributed by atoms with Crippen molar-refractivity contribution in [2.24, 2.45) is 0 Å². The first-order valence-electron chi connectivity index (χ1n) is 6.31. The van der Waals surface area contributed by atoms with Gasteiger partial charge in [-0.05, 0) is 51.3 Å². The zero-order valence-corrected chi connectivity index (χ0v) is 11.5. The fraction of sp³-hybridized carbons (Fsp3) is 0.600. The number of anilines is 1. The third-order valence-electron chi connectivity index (χ3n) is 2.97. The molecular formula is C15H25N. The lowest BCUT2D eigenvalue weighted by Gasteiger charge is -2.33. The summed E-state index contributed by atoms with van der Waals surface area (Å²) in [5.74, 6) is 0.612. The predicted octanol–water partition coefficient (Wildman–Crippen LogP) is 4.43. The Morgan fingerprint density at radius 2 is 1.19 bits per heavy atom. The van der Waals surface area contributed by atoms with E-state index in [1.165, 1.54) is 11.3 Å². The van der Waals surface area contributed by atoms with Crippen molar-refractivity contribution in [2.45, 2.75) is 59.5 Å². The molecule has 0 saturated carbocycles. The van der Waals surface area contributed by atoms with Crippen molar-refractivity contribution in [1.29, 1.82) is 0 Å². The summed E-state index contributed by atoms with van der Waals surface area (Å²) >= 11 is 0. The zero-order valence-electron chi connectivity index (χ0n) is 11.5. The summed E-state index contributed by atoms with van der Waals surface area (Å²) in [4.78, 5) is 2.45. The zero-order chi connectivity index (χ0) is 12.3. The Hall–Kier alpha value is -0.980. The molecule has 0 aliphatic carbocycles. The van der Waals surface area contributed by atoms with Crippen molar-refractivity contribution in [3.63, 3.8) is 0 Å². The summed E-state index contributed by atoms with van der Waals surface area (Å²) in [5, 5.41) is 0. The smallest absolute Gasteiger partial charge is 0.0371 e. The van der Waals surface area contributed by atoms with Gasteiger partial charge in [0.15, 0.2) is 0 Å². The van der Waals surface area contributed by atoms with E-state index in [4.69, 9.17) is 0 Å². The second-order valence-corrected chi connectivity index (χ2v) is 5.34. The van der Waals surface area contributed by atoms with Gasteiger partial charge >= 0.3 is 0 Å². The van der Waals surface area contributed by atoms with E-state index in [-0.39, 0.29) is 0 Å². The van der Waals surface area contributed by atoms with Crippen molar-refractivity contribution < 1.29 is 0 Å². The van der Waals surface area contributed by atoms with E-state index >= 15 is 0 Å². The van der Waals surface area contributed by atoms with Crippen LogP contribution in [0.1, 0.15) is 53.0 Å². The molecule has 0 spiro atoms. The molecular weight excluding hydrogens is 194 g/mol. The van der Waals surface area contributed by atoms with E-state index in [1.807, 2.05) is 0 Å². The first-order valence-corrected chi connectivity index (χ1v) is 6.31. The molecule has 0 bridgehead atoms. The van der Waals surface area contributed by atoms with Crippen LogP contribution in [0.2, 0.25) is 0 Å². The highest BCUT2D eigenvalue weighted by molar-refractivity contribution is 5.49. The van der Waals surface area contributed by atoms with Crippen LogP contribution < -0.4 is 4.90 Å².